The molecule has 1 N–H and O–H groups in total. The topological polar surface area (TPSA) is 108 Å². The summed E-state index contributed by atoms with van der Waals surface area (Å²) in [6.07, 6.45) is -1.13. The van der Waals surface area contributed by atoms with Crippen LogP contribution >= 0.6 is 0 Å². The number of nitro groups is 1. The van der Waals surface area contributed by atoms with E-state index in [1.165, 1.54) is 32.2 Å². The van der Waals surface area contributed by atoms with Gasteiger partial charge in [0, 0.05) is 12.1 Å². The van der Waals surface area contributed by atoms with Gasteiger partial charge in [0.1, 0.15) is 5.75 Å². The molecule has 0 aromatic heterocycles. The number of benzene rings is 3. The van der Waals surface area contributed by atoms with Crippen LogP contribution in [-0.4, -0.2) is 30.0 Å². The highest BCUT2D eigenvalue weighted by atomic mass is 16.6. The third-order valence-corrected chi connectivity index (χ3v) is 4.29. The van der Waals surface area contributed by atoms with E-state index >= 15 is 0 Å². The van der Waals surface area contributed by atoms with Crippen molar-refractivity contribution in [1.29, 1.82) is 0 Å². The maximum Gasteiger partial charge on any atom is 0.338 e. The molecule has 3 rings (SSSR count). The summed E-state index contributed by atoms with van der Waals surface area (Å²) >= 11 is 0. The van der Waals surface area contributed by atoms with Gasteiger partial charge in [-0.25, -0.2) is 4.79 Å². The Kier molecular flexibility index (Phi) is 5.73. The zero-order chi connectivity index (χ0) is 21.0. The van der Waals surface area contributed by atoms with Gasteiger partial charge in [-0.05, 0) is 35.9 Å². The summed E-state index contributed by atoms with van der Waals surface area (Å²) in [6.45, 7) is 1.41. The highest BCUT2D eigenvalue weighted by Crippen LogP contribution is 2.29. The molecule has 1 amide bonds. The normalized spacial score (nSPS) is 11.5. The van der Waals surface area contributed by atoms with Crippen LogP contribution in [-0.2, 0) is 9.53 Å². The summed E-state index contributed by atoms with van der Waals surface area (Å²) in [4.78, 5) is 35.2. The first-order valence-corrected chi connectivity index (χ1v) is 8.72. The molecule has 0 radical (unpaired) electrons. The van der Waals surface area contributed by atoms with Crippen LogP contribution in [0.3, 0.4) is 0 Å². The standard InChI is InChI=1S/C21H18N2O6/c1-13(20(24)22-18-12-17(23(26)27)9-10-19(18)28-2)29-21(25)16-8-7-14-5-3-4-6-15(14)11-16/h3-13H,1-2H3,(H,22,24)/t13-/m0/s1. The van der Waals surface area contributed by atoms with E-state index < -0.39 is 22.9 Å². The number of non-ortho nitro benzene ring substituents is 1. The van der Waals surface area contributed by atoms with E-state index in [2.05, 4.69) is 5.32 Å². The first-order chi connectivity index (χ1) is 13.9. The number of carbonyl (C=O) groups is 2. The van der Waals surface area contributed by atoms with Crippen molar-refractivity contribution in [2.24, 2.45) is 0 Å². The second-order valence-electron chi connectivity index (χ2n) is 6.24. The predicted molar refractivity (Wildman–Crippen MR) is 107 cm³/mol. The number of nitrogens with zero attached hydrogens (tertiary/aromatic N) is 1. The molecule has 0 aliphatic carbocycles. The first kappa shape index (κ1) is 19.8. The molecule has 0 fully saturated rings. The number of nitro benzene ring substituents is 1. The van der Waals surface area contributed by atoms with Crippen LogP contribution in [0.15, 0.2) is 60.7 Å². The molecule has 3 aromatic rings. The van der Waals surface area contributed by atoms with Crippen molar-refractivity contribution >= 4 is 34.0 Å². The number of ether oxygens (including phenoxy) is 2. The Morgan fingerprint density at radius 2 is 1.76 bits per heavy atom. The van der Waals surface area contributed by atoms with Crippen LogP contribution in [0.4, 0.5) is 11.4 Å². The Balaban J connectivity index is 1.72. The smallest absolute Gasteiger partial charge is 0.338 e. The lowest BCUT2D eigenvalue weighted by Gasteiger charge is -2.15. The van der Waals surface area contributed by atoms with Crippen molar-refractivity contribution in [3.05, 3.63) is 76.3 Å². The van der Waals surface area contributed by atoms with Gasteiger partial charge in [-0.1, -0.05) is 30.3 Å². The number of methoxy groups -OCH3 is 1. The Morgan fingerprint density at radius 1 is 1.03 bits per heavy atom. The largest absolute Gasteiger partial charge is 0.495 e. The number of anilines is 1. The van der Waals surface area contributed by atoms with Gasteiger partial charge in [0.05, 0.1) is 23.3 Å². The van der Waals surface area contributed by atoms with Gasteiger partial charge < -0.3 is 14.8 Å². The molecule has 0 spiro atoms. The molecule has 1 atom stereocenters. The fraction of sp³-hybridized carbons (Fsp3) is 0.143. The Morgan fingerprint density at radius 3 is 2.45 bits per heavy atom. The fourth-order valence-corrected chi connectivity index (χ4v) is 2.74. The van der Waals surface area contributed by atoms with E-state index in [1.54, 1.807) is 18.2 Å². The van der Waals surface area contributed by atoms with Gasteiger partial charge in [0.25, 0.3) is 11.6 Å². The minimum atomic E-state index is -1.13. The van der Waals surface area contributed by atoms with Crippen molar-refractivity contribution < 1.29 is 24.0 Å². The van der Waals surface area contributed by atoms with Crippen LogP contribution in [0.2, 0.25) is 0 Å². The summed E-state index contributed by atoms with van der Waals surface area (Å²) in [5.41, 5.74) is 0.221. The summed E-state index contributed by atoms with van der Waals surface area (Å²) in [5.74, 6) is -1.04. The summed E-state index contributed by atoms with van der Waals surface area (Å²) in [7, 11) is 1.38. The molecule has 3 aromatic carbocycles. The second-order valence-corrected chi connectivity index (χ2v) is 6.24. The predicted octanol–water partition coefficient (Wildman–Crippen LogP) is 3.94. The van der Waals surface area contributed by atoms with Crippen LogP contribution in [0.25, 0.3) is 10.8 Å². The highest BCUT2D eigenvalue weighted by Gasteiger charge is 2.21. The van der Waals surface area contributed by atoms with Gasteiger partial charge in [-0.15, -0.1) is 0 Å². The van der Waals surface area contributed by atoms with Crippen LogP contribution in [0.1, 0.15) is 17.3 Å². The molecule has 0 unspecified atom stereocenters. The lowest BCUT2D eigenvalue weighted by Crippen LogP contribution is -2.30. The van der Waals surface area contributed by atoms with Crippen molar-refractivity contribution in [3.8, 4) is 5.75 Å². The van der Waals surface area contributed by atoms with Gasteiger partial charge in [-0.3, -0.25) is 14.9 Å². The molecule has 8 nitrogen and oxygen atoms in total. The number of fused-ring (bicyclic) bond motifs is 1. The van der Waals surface area contributed by atoms with Gasteiger partial charge in [0.2, 0.25) is 0 Å². The number of rotatable bonds is 6. The van der Waals surface area contributed by atoms with Crippen molar-refractivity contribution in [2.75, 3.05) is 12.4 Å². The molecule has 148 valence electrons. The number of hydrogen-bond acceptors (Lipinski definition) is 6. The maximum absolute atomic E-state index is 12.4. The van der Waals surface area contributed by atoms with E-state index in [-0.39, 0.29) is 17.1 Å². The van der Waals surface area contributed by atoms with Crippen LogP contribution < -0.4 is 10.1 Å². The quantitative estimate of drug-likeness (QED) is 0.385. The third-order valence-electron chi connectivity index (χ3n) is 4.29. The minimum absolute atomic E-state index is 0.111. The number of hydrogen-bond donors (Lipinski definition) is 1. The SMILES string of the molecule is COc1ccc([N+](=O)[O-])cc1NC(=O)[C@H](C)OC(=O)c1ccc2ccccc2c1. The van der Waals surface area contributed by atoms with Crippen LogP contribution in [0.5, 0.6) is 5.75 Å². The second kappa shape index (κ2) is 8.39. The molecule has 8 heteroatoms. The maximum atomic E-state index is 12.4. The number of amides is 1. The Labute approximate surface area is 166 Å². The molecule has 0 saturated carbocycles. The highest BCUT2D eigenvalue weighted by molar-refractivity contribution is 5.99. The lowest BCUT2D eigenvalue weighted by molar-refractivity contribution is -0.384. The number of nitrogens with one attached hydrogen (secondary N) is 1. The molecule has 0 heterocycles. The Hall–Kier alpha value is -3.94. The molecule has 29 heavy (non-hydrogen) atoms. The number of esters is 1. The average molecular weight is 394 g/mol. The molecular formula is C21H18N2O6. The molecular weight excluding hydrogens is 376 g/mol. The fourth-order valence-electron chi connectivity index (χ4n) is 2.74. The monoisotopic (exact) mass is 394 g/mol. The van der Waals surface area contributed by atoms with Crippen molar-refractivity contribution in [2.45, 2.75) is 13.0 Å². The van der Waals surface area contributed by atoms with E-state index in [0.717, 1.165) is 10.8 Å². The van der Waals surface area contributed by atoms with Crippen LogP contribution in [0, 0.1) is 10.1 Å². The molecule has 0 saturated heterocycles. The van der Waals surface area contributed by atoms with Gasteiger partial charge in [-0.2, -0.15) is 0 Å². The van der Waals surface area contributed by atoms with E-state index in [4.69, 9.17) is 9.47 Å². The zero-order valence-electron chi connectivity index (χ0n) is 15.7. The van der Waals surface area contributed by atoms with Gasteiger partial charge >= 0.3 is 5.97 Å². The van der Waals surface area contributed by atoms with Crippen molar-refractivity contribution in [1.82, 2.24) is 0 Å². The molecule has 0 aliphatic heterocycles. The lowest BCUT2D eigenvalue weighted by atomic mass is 10.1. The van der Waals surface area contributed by atoms with Crippen molar-refractivity contribution in [3.63, 3.8) is 0 Å². The molecule has 0 bridgehead atoms. The van der Waals surface area contributed by atoms with E-state index in [9.17, 15) is 19.7 Å². The average Bonchev–Trinajstić information content (AvgIpc) is 2.73. The van der Waals surface area contributed by atoms with E-state index in [0.29, 0.717) is 5.56 Å². The van der Waals surface area contributed by atoms with Gasteiger partial charge in [0.15, 0.2) is 6.10 Å². The number of carbonyl (C=O) groups excluding carboxylic acids is 2. The third kappa shape index (κ3) is 4.49. The minimum Gasteiger partial charge on any atom is -0.495 e. The summed E-state index contributed by atoms with van der Waals surface area (Å²) in [5, 5.41) is 15.3. The summed E-state index contributed by atoms with van der Waals surface area (Å²) in [6, 6.07) is 16.5. The Bertz CT molecular complexity index is 1100. The first-order valence-electron chi connectivity index (χ1n) is 8.72. The molecule has 0 aliphatic rings. The summed E-state index contributed by atoms with van der Waals surface area (Å²) < 4.78 is 10.4. The van der Waals surface area contributed by atoms with E-state index in [1.807, 2.05) is 24.3 Å². The zero-order valence-corrected chi connectivity index (χ0v) is 15.7.